The van der Waals surface area contributed by atoms with Crippen molar-refractivity contribution in [2.45, 2.75) is 12.8 Å². The van der Waals surface area contributed by atoms with Gasteiger partial charge in [-0.05, 0) is 42.5 Å². The Labute approximate surface area is 171 Å². The van der Waals surface area contributed by atoms with E-state index >= 15 is 0 Å². The molecule has 3 aromatic rings. The Bertz CT molecular complexity index is 1020. The zero-order valence-corrected chi connectivity index (χ0v) is 16.4. The SMILES string of the molecule is FC(F)(F)c1cccc(N2CCN(Cn3ncn(-c4ccccc4)c3=S)CC2)c1. The van der Waals surface area contributed by atoms with Gasteiger partial charge in [0.1, 0.15) is 6.33 Å². The van der Waals surface area contributed by atoms with Crippen molar-refractivity contribution in [2.75, 3.05) is 31.1 Å². The molecule has 9 heteroatoms. The molecule has 0 radical (unpaired) electrons. The molecule has 152 valence electrons. The lowest BCUT2D eigenvalue weighted by atomic mass is 10.1. The van der Waals surface area contributed by atoms with Crippen molar-refractivity contribution < 1.29 is 13.2 Å². The fourth-order valence-corrected chi connectivity index (χ4v) is 3.67. The van der Waals surface area contributed by atoms with Crippen molar-refractivity contribution in [2.24, 2.45) is 0 Å². The summed E-state index contributed by atoms with van der Waals surface area (Å²) in [5, 5.41) is 4.40. The second-order valence-electron chi connectivity index (χ2n) is 6.91. The molecule has 0 aliphatic carbocycles. The van der Waals surface area contributed by atoms with Crippen LogP contribution >= 0.6 is 12.2 Å². The van der Waals surface area contributed by atoms with E-state index in [9.17, 15) is 13.2 Å². The fourth-order valence-electron chi connectivity index (χ4n) is 3.42. The van der Waals surface area contributed by atoms with Gasteiger partial charge in [0.25, 0.3) is 0 Å². The number of piperazine rings is 1. The topological polar surface area (TPSA) is 29.2 Å². The number of hydrogen-bond acceptors (Lipinski definition) is 4. The Hall–Kier alpha value is -2.65. The predicted molar refractivity (Wildman–Crippen MR) is 108 cm³/mol. The van der Waals surface area contributed by atoms with Crippen molar-refractivity contribution in [3.8, 4) is 5.69 Å². The molecule has 1 fully saturated rings. The molecule has 1 saturated heterocycles. The molecule has 0 atom stereocenters. The molecule has 0 spiro atoms. The number of nitrogens with zero attached hydrogens (tertiary/aromatic N) is 5. The molecule has 0 N–H and O–H groups in total. The third kappa shape index (κ3) is 4.35. The summed E-state index contributed by atoms with van der Waals surface area (Å²) in [4.78, 5) is 4.18. The van der Waals surface area contributed by atoms with Gasteiger partial charge in [-0.3, -0.25) is 9.47 Å². The molecule has 0 saturated carbocycles. The van der Waals surface area contributed by atoms with Crippen LogP contribution in [0.5, 0.6) is 0 Å². The van der Waals surface area contributed by atoms with E-state index in [2.05, 4.69) is 10.00 Å². The average Bonchev–Trinajstić information content (AvgIpc) is 3.09. The fraction of sp³-hybridized carbons (Fsp3) is 0.300. The average molecular weight is 419 g/mol. The molecule has 0 bridgehead atoms. The van der Waals surface area contributed by atoms with Gasteiger partial charge >= 0.3 is 6.18 Å². The lowest BCUT2D eigenvalue weighted by Gasteiger charge is -2.36. The van der Waals surface area contributed by atoms with E-state index in [1.807, 2.05) is 39.8 Å². The summed E-state index contributed by atoms with van der Waals surface area (Å²) >= 11 is 5.54. The summed E-state index contributed by atoms with van der Waals surface area (Å²) in [6, 6.07) is 15.3. The first-order valence-electron chi connectivity index (χ1n) is 9.26. The highest BCUT2D eigenvalue weighted by Crippen LogP contribution is 2.31. The van der Waals surface area contributed by atoms with Gasteiger partial charge in [0.2, 0.25) is 4.77 Å². The second-order valence-corrected chi connectivity index (χ2v) is 7.28. The molecule has 2 aromatic carbocycles. The van der Waals surface area contributed by atoms with Crippen LogP contribution < -0.4 is 4.90 Å². The number of alkyl halides is 3. The largest absolute Gasteiger partial charge is 0.416 e. The van der Waals surface area contributed by atoms with E-state index in [-0.39, 0.29) is 0 Å². The Morgan fingerprint density at radius 1 is 0.897 bits per heavy atom. The number of benzene rings is 2. The summed E-state index contributed by atoms with van der Waals surface area (Å²) in [5.74, 6) is 0. The lowest BCUT2D eigenvalue weighted by molar-refractivity contribution is -0.137. The first kappa shape index (κ1) is 19.7. The van der Waals surface area contributed by atoms with Crippen LogP contribution in [0.15, 0.2) is 60.9 Å². The maximum absolute atomic E-state index is 13.0. The number of hydrogen-bond donors (Lipinski definition) is 0. The molecule has 0 amide bonds. The van der Waals surface area contributed by atoms with Gasteiger partial charge < -0.3 is 4.90 Å². The van der Waals surface area contributed by atoms with E-state index in [4.69, 9.17) is 12.2 Å². The van der Waals surface area contributed by atoms with Crippen LogP contribution in [0.25, 0.3) is 5.69 Å². The Balaban J connectivity index is 1.40. The summed E-state index contributed by atoms with van der Waals surface area (Å²) in [7, 11) is 0. The molecule has 2 heterocycles. The molecule has 29 heavy (non-hydrogen) atoms. The van der Waals surface area contributed by atoms with E-state index in [0.29, 0.717) is 30.2 Å². The number of halogens is 3. The highest BCUT2D eigenvalue weighted by atomic mass is 32.1. The quantitative estimate of drug-likeness (QED) is 0.593. The van der Waals surface area contributed by atoms with Gasteiger partial charge in [-0.25, -0.2) is 4.68 Å². The molecule has 1 aromatic heterocycles. The zero-order valence-electron chi connectivity index (χ0n) is 15.6. The Morgan fingerprint density at radius 2 is 1.59 bits per heavy atom. The van der Waals surface area contributed by atoms with Crippen molar-refractivity contribution >= 4 is 17.9 Å². The first-order valence-corrected chi connectivity index (χ1v) is 9.67. The van der Waals surface area contributed by atoms with Crippen molar-refractivity contribution in [3.63, 3.8) is 0 Å². The second kappa shape index (κ2) is 8.00. The van der Waals surface area contributed by atoms with Crippen molar-refractivity contribution in [3.05, 3.63) is 71.3 Å². The van der Waals surface area contributed by atoms with Gasteiger partial charge in [-0.15, -0.1) is 0 Å². The normalized spacial score (nSPS) is 15.6. The third-order valence-electron chi connectivity index (χ3n) is 5.01. The van der Waals surface area contributed by atoms with Crippen molar-refractivity contribution in [1.29, 1.82) is 0 Å². The van der Waals surface area contributed by atoms with Gasteiger partial charge in [0.05, 0.1) is 12.2 Å². The van der Waals surface area contributed by atoms with Crippen LogP contribution in [0.4, 0.5) is 18.9 Å². The molecular weight excluding hydrogens is 399 g/mol. The highest BCUT2D eigenvalue weighted by molar-refractivity contribution is 7.71. The first-order chi connectivity index (χ1) is 13.9. The van der Waals surface area contributed by atoms with E-state index in [0.717, 1.165) is 24.8 Å². The summed E-state index contributed by atoms with van der Waals surface area (Å²) in [5.41, 5.74) is 0.942. The van der Waals surface area contributed by atoms with E-state index in [1.54, 1.807) is 17.1 Å². The molecule has 1 aliphatic heterocycles. The van der Waals surface area contributed by atoms with Crippen LogP contribution in [0.1, 0.15) is 5.56 Å². The predicted octanol–water partition coefficient (Wildman–Crippen LogP) is 4.20. The monoisotopic (exact) mass is 419 g/mol. The molecule has 4 rings (SSSR count). The molecule has 1 aliphatic rings. The maximum atomic E-state index is 13.0. The van der Waals surface area contributed by atoms with E-state index in [1.165, 1.54) is 12.1 Å². The minimum Gasteiger partial charge on any atom is -0.369 e. The minimum absolute atomic E-state index is 0.551. The van der Waals surface area contributed by atoms with Crippen LogP contribution in [0.3, 0.4) is 0 Å². The summed E-state index contributed by atoms with van der Waals surface area (Å²) in [6.45, 7) is 3.28. The standard InChI is InChI=1S/C20H20F3N5S/c21-20(22,23)16-5-4-8-18(13-16)26-11-9-25(10-12-26)15-28-19(29)27(14-24-28)17-6-2-1-3-7-17/h1-8,13-14H,9-12,15H2. The van der Waals surface area contributed by atoms with Gasteiger partial charge in [0, 0.05) is 37.6 Å². The van der Waals surface area contributed by atoms with Gasteiger partial charge in [-0.2, -0.15) is 18.3 Å². The minimum atomic E-state index is -4.33. The van der Waals surface area contributed by atoms with Crippen LogP contribution in [0.2, 0.25) is 0 Å². The van der Waals surface area contributed by atoms with Crippen LogP contribution in [0, 0.1) is 4.77 Å². The maximum Gasteiger partial charge on any atom is 0.416 e. The summed E-state index contributed by atoms with van der Waals surface area (Å²) in [6.07, 6.45) is -2.62. The molecular formula is C20H20F3N5S. The molecule has 0 unspecified atom stereocenters. The van der Waals surface area contributed by atoms with Crippen LogP contribution in [-0.2, 0) is 12.8 Å². The van der Waals surface area contributed by atoms with Crippen molar-refractivity contribution in [1.82, 2.24) is 19.2 Å². The van der Waals surface area contributed by atoms with Crippen LogP contribution in [-0.4, -0.2) is 45.4 Å². The highest BCUT2D eigenvalue weighted by Gasteiger charge is 2.31. The molecule has 5 nitrogen and oxygen atoms in total. The number of para-hydroxylation sites is 1. The number of rotatable bonds is 4. The van der Waals surface area contributed by atoms with Gasteiger partial charge in [0.15, 0.2) is 0 Å². The third-order valence-corrected chi connectivity index (χ3v) is 5.42. The van der Waals surface area contributed by atoms with Gasteiger partial charge in [-0.1, -0.05) is 24.3 Å². The zero-order chi connectivity index (χ0) is 20.4. The number of aromatic nitrogens is 3. The Kier molecular flexibility index (Phi) is 5.42. The summed E-state index contributed by atoms with van der Waals surface area (Å²) < 4.78 is 43.1. The lowest BCUT2D eigenvalue weighted by Crippen LogP contribution is -2.47. The number of anilines is 1. The van der Waals surface area contributed by atoms with E-state index < -0.39 is 11.7 Å². The smallest absolute Gasteiger partial charge is 0.369 e. The Morgan fingerprint density at radius 3 is 2.28 bits per heavy atom.